The van der Waals surface area contributed by atoms with Crippen LogP contribution >= 0.6 is 0 Å². The smallest absolute Gasteiger partial charge is 0.298 e. The van der Waals surface area contributed by atoms with Crippen LogP contribution in [0.15, 0.2) is 30.5 Å². The Hall–Kier alpha value is -2.11. The molecule has 0 aliphatic rings. The maximum Gasteiger partial charge on any atom is 0.435 e. The number of aldehydes is 1. The fraction of sp³-hybridized carbons (Fsp3) is 0.167. The summed E-state index contributed by atoms with van der Waals surface area (Å²) in [6.07, 6.45) is -3.40. The van der Waals surface area contributed by atoms with Crippen molar-refractivity contribution in [2.45, 2.75) is 13.1 Å². The van der Waals surface area contributed by atoms with Crippen LogP contribution in [0, 0.1) is 6.92 Å². The third-order valence-corrected chi connectivity index (χ3v) is 2.40. The Kier molecular flexibility index (Phi) is 2.94. The number of benzene rings is 1. The molecule has 0 aliphatic heterocycles. The first-order chi connectivity index (χ1) is 8.41. The van der Waals surface area contributed by atoms with Gasteiger partial charge in [-0.2, -0.15) is 18.3 Å². The maximum absolute atomic E-state index is 12.6. The summed E-state index contributed by atoms with van der Waals surface area (Å²) in [6, 6.07) is 6.83. The first-order valence-electron chi connectivity index (χ1n) is 5.11. The molecule has 1 aromatic heterocycles. The van der Waals surface area contributed by atoms with E-state index in [0.29, 0.717) is 5.69 Å². The van der Waals surface area contributed by atoms with E-state index in [1.165, 1.54) is 0 Å². The number of halogens is 3. The van der Waals surface area contributed by atoms with Crippen molar-refractivity contribution in [3.05, 3.63) is 47.3 Å². The molecular weight excluding hydrogens is 245 g/mol. The molecule has 0 bridgehead atoms. The lowest BCUT2D eigenvalue weighted by Crippen LogP contribution is -2.09. The Morgan fingerprint density at radius 1 is 1.33 bits per heavy atom. The number of alkyl halides is 3. The van der Waals surface area contributed by atoms with Crippen LogP contribution in [0.4, 0.5) is 13.2 Å². The number of rotatable bonds is 2. The topological polar surface area (TPSA) is 34.9 Å². The Balaban J connectivity index is 2.54. The van der Waals surface area contributed by atoms with Crippen LogP contribution in [-0.2, 0) is 6.18 Å². The zero-order chi connectivity index (χ0) is 13.3. The lowest BCUT2D eigenvalue weighted by Gasteiger charge is -2.03. The van der Waals surface area contributed by atoms with E-state index in [-0.39, 0.29) is 6.29 Å². The van der Waals surface area contributed by atoms with Gasteiger partial charge in [-0.15, -0.1) is 0 Å². The molecule has 1 heterocycles. The van der Waals surface area contributed by atoms with Crippen LogP contribution in [-0.4, -0.2) is 16.1 Å². The van der Waals surface area contributed by atoms with Crippen LogP contribution in [0.2, 0.25) is 0 Å². The summed E-state index contributed by atoms with van der Waals surface area (Å²) in [5.74, 6) is 0. The Morgan fingerprint density at radius 2 is 2.06 bits per heavy atom. The summed E-state index contributed by atoms with van der Waals surface area (Å²) in [4.78, 5) is 10.6. The van der Waals surface area contributed by atoms with Gasteiger partial charge in [0, 0.05) is 6.20 Å². The fourth-order valence-corrected chi connectivity index (χ4v) is 1.60. The molecule has 0 saturated heterocycles. The number of carbonyl (C=O) groups excluding carboxylic acids is 1. The van der Waals surface area contributed by atoms with Crippen molar-refractivity contribution in [3.63, 3.8) is 0 Å². The van der Waals surface area contributed by atoms with Crippen molar-refractivity contribution in [2.24, 2.45) is 0 Å². The summed E-state index contributed by atoms with van der Waals surface area (Å²) in [5.41, 5.74) is -0.263. The average Bonchev–Trinajstić information content (AvgIpc) is 2.72. The first-order valence-corrected chi connectivity index (χ1v) is 5.11. The minimum absolute atomic E-state index is 0.155. The van der Waals surface area contributed by atoms with E-state index in [2.05, 4.69) is 5.10 Å². The quantitative estimate of drug-likeness (QED) is 0.772. The van der Waals surface area contributed by atoms with E-state index < -0.39 is 17.4 Å². The van der Waals surface area contributed by atoms with E-state index in [0.717, 1.165) is 16.4 Å². The number of nitrogens with zero attached hydrogens (tertiary/aromatic N) is 2. The predicted molar refractivity (Wildman–Crippen MR) is 58.7 cm³/mol. The lowest BCUT2D eigenvalue weighted by molar-refractivity contribution is -0.141. The van der Waals surface area contributed by atoms with Gasteiger partial charge in [-0.05, 0) is 24.6 Å². The number of hydrogen-bond donors (Lipinski definition) is 0. The lowest BCUT2D eigenvalue weighted by atomic mass is 10.2. The standard InChI is InChI=1S/C12H9F3N2O/c1-8-3-2-4-10(5-8)17-6-9(7-18)11(16-17)12(13,14)15/h2-7H,1H3. The number of aromatic nitrogens is 2. The molecule has 18 heavy (non-hydrogen) atoms. The molecule has 94 valence electrons. The zero-order valence-electron chi connectivity index (χ0n) is 9.40. The van der Waals surface area contributed by atoms with Gasteiger partial charge in [0.1, 0.15) is 0 Å². The fourth-order valence-electron chi connectivity index (χ4n) is 1.60. The molecule has 0 fully saturated rings. The maximum atomic E-state index is 12.6. The van der Waals surface area contributed by atoms with Gasteiger partial charge >= 0.3 is 6.18 Å². The van der Waals surface area contributed by atoms with Gasteiger partial charge in [-0.3, -0.25) is 4.79 Å². The summed E-state index contributed by atoms with van der Waals surface area (Å²) in [7, 11) is 0. The molecule has 3 nitrogen and oxygen atoms in total. The molecule has 0 radical (unpaired) electrons. The van der Waals surface area contributed by atoms with Crippen molar-refractivity contribution in [2.75, 3.05) is 0 Å². The van der Waals surface area contributed by atoms with E-state index in [1.54, 1.807) is 18.2 Å². The molecule has 2 rings (SSSR count). The highest BCUT2D eigenvalue weighted by Gasteiger charge is 2.37. The van der Waals surface area contributed by atoms with Crippen LogP contribution in [0.25, 0.3) is 5.69 Å². The summed E-state index contributed by atoms with van der Waals surface area (Å²) >= 11 is 0. The molecule has 0 amide bonds. The Morgan fingerprint density at radius 3 is 2.56 bits per heavy atom. The molecule has 0 saturated carbocycles. The minimum Gasteiger partial charge on any atom is -0.298 e. The van der Waals surface area contributed by atoms with Crippen LogP contribution in [0.3, 0.4) is 0 Å². The number of carbonyl (C=O) groups is 1. The van der Waals surface area contributed by atoms with Crippen LogP contribution in [0.1, 0.15) is 21.6 Å². The SMILES string of the molecule is Cc1cccc(-n2cc(C=O)c(C(F)(F)F)n2)c1. The van der Waals surface area contributed by atoms with Crippen LogP contribution in [0.5, 0.6) is 0 Å². The number of hydrogen-bond acceptors (Lipinski definition) is 2. The van der Waals surface area contributed by atoms with E-state index >= 15 is 0 Å². The van der Waals surface area contributed by atoms with Crippen molar-refractivity contribution in [1.29, 1.82) is 0 Å². The first kappa shape index (κ1) is 12.3. The highest BCUT2D eigenvalue weighted by atomic mass is 19.4. The zero-order valence-corrected chi connectivity index (χ0v) is 9.40. The molecule has 2 aromatic rings. The second-order valence-corrected chi connectivity index (χ2v) is 3.83. The van der Waals surface area contributed by atoms with Crippen molar-refractivity contribution < 1.29 is 18.0 Å². The van der Waals surface area contributed by atoms with Gasteiger partial charge < -0.3 is 0 Å². The highest BCUT2D eigenvalue weighted by molar-refractivity contribution is 5.76. The van der Waals surface area contributed by atoms with Gasteiger partial charge in [-0.1, -0.05) is 12.1 Å². The summed E-state index contributed by atoms with van der Waals surface area (Å²) in [5, 5.41) is 3.42. The van der Waals surface area contributed by atoms with Gasteiger partial charge in [0.05, 0.1) is 11.3 Å². The van der Waals surface area contributed by atoms with Gasteiger partial charge in [0.2, 0.25) is 0 Å². The second-order valence-electron chi connectivity index (χ2n) is 3.83. The Bertz CT molecular complexity index is 587. The van der Waals surface area contributed by atoms with Gasteiger partial charge in [-0.25, -0.2) is 4.68 Å². The molecular formula is C12H9F3N2O. The van der Waals surface area contributed by atoms with Crippen molar-refractivity contribution in [1.82, 2.24) is 9.78 Å². The average molecular weight is 254 g/mol. The van der Waals surface area contributed by atoms with E-state index in [9.17, 15) is 18.0 Å². The number of aryl methyl sites for hydroxylation is 1. The van der Waals surface area contributed by atoms with Crippen LogP contribution < -0.4 is 0 Å². The van der Waals surface area contributed by atoms with Crippen molar-refractivity contribution >= 4 is 6.29 Å². The molecule has 0 spiro atoms. The molecule has 0 atom stereocenters. The van der Waals surface area contributed by atoms with Gasteiger partial charge in [0.15, 0.2) is 12.0 Å². The molecule has 1 aromatic carbocycles. The minimum atomic E-state index is -4.63. The molecule has 0 aliphatic carbocycles. The summed E-state index contributed by atoms with van der Waals surface area (Å²) < 4.78 is 38.9. The van der Waals surface area contributed by atoms with E-state index in [4.69, 9.17) is 0 Å². The third-order valence-electron chi connectivity index (χ3n) is 2.40. The van der Waals surface area contributed by atoms with E-state index in [1.807, 2.05) is 13.0 Å². The van der Waals surface area contributed by atoms with Gasteiger partial charge in [0.25, 0.3) is 0 Å². The highest BCUT2D eigenvalue weighted by Crippen LogP contribution is 2.30. The normalized spacial score (nSPS) is 11.6. The van der Waals surface area contributed by atoms with Crippen molar-refractivity contribution in [3.8, 4) is 5.69 Å². The Labute approximate surface area is 101 Å². The third kappa shape index (κ3) is 2.27. The summed E-state index contributed by atoms with van der Waals surface area (Å²) in [6.45, 7) is 1.82. The molecule has 0 N–H and O–H groups in total. The second kappa shape index (κ2) is 4.29. The molecule has 0 unspecified atom stereocenters. The molecule has 6 heteroatoms. The largest absolute Gasteiger partial charge is 0.435 e. The monoisotopic (exact) mass is 254 g/mol. The predicted octanol–water partition coefficient (Wildman–Crippen LogP) is 3.01.